The fourth-order valence-electron chi connectivity index (χ4n) is 2.55. The highest BCUT2D eigenvalue weighted by Gasteiger charge is 2.25. The molecule has 2 N–H and O–H groups in total. The number of hydrogen-bond donors (Lipinski definition) is 2. The molecule has 0 saturated heterocycles. The third-order valence-electron chi connectivity index (χ3n) is 3.98. The molecule has 0 aliphatic rings. The summed E-state index contributed by atoms with van der Waals surface area (Å²) >= 11 is 0. The maximum atomic E-state index is 12.7. The number of nitrogens with zero attached hydrogens (tertiary/aromatic N) is 2. The van der Waals surface area contributed by atoms with Crippen molar-refractivity contribution in [2.45, 2.75) is 6.92 Å². The van der Waals surface area contributed by atoms with Crippen LogP contribution in [0.1, 0.15) is 17.3 Å². The fraction of sp³-hybridized carbons (Fsp3) is 0.158. The molecule has 3 rings (SSSR count). The standard InChI is InChI=1S/C19H17N3O5/c1-3-27-18-14(16(24)17(18)25)21-12-8-6-7-11(15(12)23)19(26)22(2)13-9-4-5-10-20-13/h4-10,21,23H,3H2,1-2H3. The number of anilines is 3. The van der Waals surface area contributed by atoms with Gasteiger partial charge in [-0.1, -0.05) is 12.1 Å². The highest BCUT2D eigenvalue weighted by molar-refractivity contribution is 6.08. The number of aromatic nitrogens is 1. The molecule has 0 saturated carbocycles. The lowest BCUT2D eigenvalue weighted by Crippen LogP contribution is -2.35. The summed E-state index contributed by atoms with van der Waals surface area (Å²) in [5.74, 6) is -0.490. The van der Waals surface area contributed by atoms with E-state index < -0.39 is 16.8 Å². The number of aromatic hydroxyl groups is 1. The average molecular weight is 367 g/mol. The molecule has 0 aliphatic carbocycles. The van der Waals surface area contributed by atoms with Crippen LogP contribution in [0.5, 0.6) is 11.5 Å². The van der Waals surface area contributed by atoms with Crippen LogP contribution >= 0.6 is 0 Å². The number of phenols is 1. The molecular weight excluding hydrogens is 350 g/mol. The smallest absolute Gasteiger partial charge is 0.272 e. The molecule has 0 spiro atoms. The van der Waals surface area contributed by atoms with Gasteiger partial charge in [-0.2, -0.15) is 0 Å². The number of para-hydroxylation sites is 1. The van der Waals surface area contributed by atoms with E-state index in [2.05, 4.69) is 10.3 Å². The first-order valence-corrected chi connectivity index (χ1v) is 8.19. The third kappa shape index (κ3) is 3.24. The Bertz CT molecular complexity index is 1060. The zero-order valence-electron chi connectivity index (χ0n) is 14.7. The van der Waals surface area contributed by atoms with Crippen LogP contribution in [0.2, 0.25) is 0 Å². The van der Waals surface area contributed by atoms with E-state index in [4.69, 9.17) is 4.74 Å². The Kier molecular flexibility index (Phi) is 4.89. The Morgan fingerprint density at radius 1 is 1.19 bits per heavy atom. The van der Waals surface area contributed by atoms with Gasteiger partial charge < -0.3 is 15.2 Å². The Morgan fingerprint density at radius 2 is 1.96 bits per heavy atom. The van der Waals surface area contributed by atoms with Gasteiger partial charge in [0.25, 0.3) is 16.8 Å². The van der Waals surface area contributed by atoms with Gasteiger partial charge in [0.1, 0.15) is 11.5 Å². The molecule has 1 heterocycles. The number of carbonyl (C=O) groups excluding carboxylic acids is 1. The lowest BCUT2D eigenvalue weighted by Gasteiger charge is -2.19. The second-order valence-electron chi connectivity index (χ2n) is 5.67. The first-order chi connectivity index (χ1) is 13.0. The molecule has 1 amide bonds. The van der Waals surface area contributed by atoms with Crippen molar-refractivity contribution in [1.82, 2.24) is 4.98 Å². The topological polar surface area (TPSA) is 109 Å². The van der Waals surface area contributed by atoms with Gasteiger partial charge in [0.15, 0.2) is 11.5 Å². The van der Waals surface area contributed by atoms with Gasteiger partial charge in [-0.05, 0) is 31.2 Å². The maximum Gasteiger partial charge on any atom is 0.272 e. The molecule has 0 unspecified atom stereocenters. The fourth-order valence-corrected chi connectivity index (χ4v) is 2.55. The van der Waals surface area contributed by atoms with Crippen LogP contribution in [0.4, 0.5) is 17.2 Å². The Morgan fingerprint density at radius 3 is 2.63 bits per heavy atom. The van der Waals surface area contributed by atoms with Crippen molar-refractivity contribution >= 4 is 23.1 Å². The van der Waals surface area contributed by atoms with Crippen LogP contribution < -0.4 is 25.8 Å². The van der Waals surface area contributed by atoms with Gasteiger partial charge in [-0.3, -0.25) is 19.3 Å². The van der Waals surface area contributed by atoms with Crippen LogP contribution in [-0.4, -0.2) is 29.7 Å². The van der Waals surface area contributed by atoms with Gasteiger partial charge in [-0.25, -0.2) is 4.98 Å². The predicted molar refractivity (Wildman–Crippen MR) is 101 cm³/mol. The molecule has 0 bridgehead atoms. The number of carbonyl (C=O) groups is 1. The number of benzene rings is 1. The van der Waals surface area contributed by atoms with Crippen LogP contribution in [0.15, 0.2) is 52.2 Å². The van der Waals surface area contributed by atoms with E-state index in [1.165, 1.54) is 24.1 Å². The van der Waals surface area contributed by atoms with Gasteiger partial charge in [-0.15, -0.1) is 0 Å². The lowest BCUT2D eigenvalue weighted by atomic mass is 10.1. The molecule has 1 aromatic heterocycles. The van der Waals surface area contributed by atoms with Crippen LogP contribution in [0, 0.1) is 0 Å². The number of amides is 1. The van der Waals surface area contributed by atoms with Gasteiger partial charge in [0, 0.05) is 13.2 Å². The highest BCUT2D eigenvalue weighted by atomic mass is 16.5. The van der Waals surface area contributed by atoms with E-state index in [0.29, 0.717) is 5.82 Å². The van der Waals surface area contributed by atoms with Crippen molar-refractivity contribution in [2.24, 2.45) is 0 Å². The molecular formula is C19H17N3O5. The lowest BCUT2D eigenvalue weighted by molar-refractivity contribution is 0.0990. The monoisotopic (exact) mass is 367 g/mol. The molecule has 0 atom stereocenters. The summed E-state index contributed by atoms with van der Waals surface area (Å²) in [7, 11) is 1.54. The Hall–Kier alpha value is -3.68. The van der Waals surface area contributed by atoms with Crippen LogP contribution in [-0.2, 0) is 0 Å². The number of phenolic OH excluding ortho intramolecular Hbond substituents is 1. The van der Waals surface area contributed by atoms with Crippen molar-refractivity contribution in [1.29, 1.82) is 0 Å². The van der Waals surface area contributed by atoms with Crippen LogP contribution in [0.3, 0.4) is 0 Å². The second kappa shape index (κ2) is 7.28. The van der Waals surface area contributed by atoms with Crippen molar-refractivity contribution in [3.05, 3.63) is 68.6 Å². The summed E-state index contributed by atoms with van der Waals surface area (Å²) < 4.78 is 5.14. The molecule has 0 aliphatic heterocycles. The molecule has 2 aromatic carbocycles. The van der Waals surface area contributed by atoms with Crippen molar-refractivity contribution in [3.63, 3.8) is 0 Å². The molecule has 138 valence electrons. The molecule has 8 heteroatoms. The van der Waals surface area contributed by atoms with Crippen molar-refractivity contribution in [2.75, 3.05) is 23.9 Å². The highest BCUT2D eigenvalue weighted by Crippen LogP contribution is 2.33. The molecule has 3 aromatic rings. The molecule has 0 fully saturated rings. The summed E-state index contributed by atoms with van der Waals surface area (Å²) in [6, 6.07) is 9.62. The number of pyridine rings is 1. The number of hydrogen-bond acceptors (Lipinski definition) is 7. The predicted octanol–water partition coefficient (Wildman–Crippen LogP) is 1.80. The molecule has 27 heavy (non-hydrogen) atoms. The van der Waals surface area contributed by atoms with Gasteiger partial charge >= 0.3 is 0 Å². The summed E-state index contributed by atoms with van der Waals surface area (Å²) in [6.07, 6.45) is 1.55. The van der Waals surface area contributed by atoms with Crippen molar-refractivity contribution in [3.8, 4) is 11.5 Å². The van der Waals surface area contributed by atoms with Crippen LogP contribution in [0.25, 0.3) is 0 Å². The van der Waals surface area contributed by atoms with E-state index in [1.54, 1.807) is 37.4 Å². The van der Waals surface area contributed by atoms with E-state index in [0.717, 1.165) is 0 Å². The minimum atomic E-state index is -0.736. The van der Waals surface area contributed by atoms with E-state index >= 15 is 0 Å². The minimum absolute atomic E-state index is 0.0183. The Balaban J connectivity index is 1.91. The summed E-state index contributed by atoms with van der Waals surface area (Å²) in [6.45, 7) is 1.91. The third-order valence-corrected chi connectivity index (χ3v) is 3.98. The van der Waals surface area contributed by atoms with E-state index in [-0.39, 0.29) is 35.0 Å². The first kappa shape index (κ1) is 18.1. The average Bonchev–Trinajstić information content (AvgIpc) is 2.71. The first-order valence-electron chi connectivity index (χ1n) is 8.19. The van der Waals surface area contributed by atoms with Gasteiger partial charge in [0.05, 0.1) is 17.9 Å². The summed E-state index contributed by atoms with van der Waals surface area (Å²) in [4.78, 5) is 41.4. The van der Waals surface area contributed by atoms with E-state index in [9.17, 15) is 19.5 Å². The molecule has 8 nitrogen and oxygen atoms in total. The maximum absolute atomic E-state index is 12.7. The zero-order chi connectivity index (χ0) is 19.6. The quantitative estimate of drug-likeness (QED) is 0.505. The van der Waals surface area contributed by atoms with E-state index in [1.807, 2.05) is 0 Å². The van der Waals surface area contributed by atoms with Crippen molar-refractivity contribution < 1.29 is 14.6 Å². The minimum Gasteiger partial charge on any atom is -0.505 e. The summed E-state index contributed by atoms with van der Waals surface area (Å²) in [5, 5.41) is 13.2. The zero-order valence-corrected chi connectivity index (χ0v) is 14.7. The second-order valence-corrected chi connectivity index (χ2v) is 5.67. The SMILES string of the molecule is CCOc1c(Nc2cccc(C(=O)N(C)c3ccccn3)c2O)c(=O)c1=O. The largest absolute Gasteiger partial charge is 0.505 e. The molecule has 0 radical (unpaired) electrons. The van der Waals surface area contributed by atoms with Gasteiger partial charge in [0.2, 0.25) is 0 Å². The summed E-state index contributed by atoms with van der Waals surface area (Å²) in [5.41, 5.74) is -1.37. The Labute approximate surface area is 154 Å². The number of rotatable bonds is 6. The number of nitrogens with one attached hydrogen (secondary N) is 1. The normalized spacial score (nSPS) is 10.6. The number of ether oxygens (including phenoxy) is 1.